The summed E-state index contributed by atoms with van der Waals surface area (Å²) in [5.74, 6) is -0.424. The lowest BCUT2D eigenvalue weighted by molar-refractivity contribution is -0.120. The van der Waals surface area contributed by atoms with Crippen LogP contribution < -0.4 is 10.2 Å². The Kier molecular flexibility index (Phi) is 4.27. The van der Waals surface area contributed by atoms with Crippen LogP contribution in [0.5, 0.6) is 0 Å². The summed E-state index contributed by atoms with van der Waals surface area (Å²) in [4.78, 5) is 13.5. The van der Waals surface area contributed by atoms with E-state index in [1.165, 1.54) is 12.1 Å². The zero-order valence-electron chi connectivity index (χ0n) is 11.2. The molecule has 1 saturated heterocycles. The van der Waals surface area contributed by atoms with Crippen molar-refractivity contribution in [2.24, 2.45) is 0 Å². The van der Waals surface area contributed by atoms with Crippen LogP contribution in [-0.2, 0) is 14.6 Å². The van der Waals surface area contributed by atoms with Crippen LogP contribution in [0.2, 0.25) is 0 Å². The molecular weight excluding hydrogens is 283 g/mol. The standard InChI is InChI=1S/C13H17FN2O3S/c1-16(12-4-2-10(14)3-5-12)8-13(17)15-11-6-7-20(18,19)9-11/h2-5,11H,6-9H2,1H3,(H,15,17)/t11-/m1/s1. The number of sulfone groups is 1. The van der Waals surface area contributed by atoms with E-state index in [2.05, 4.69) is 5.32 Å². The Bertz CT molecular complexity index is 586. The summed E-state index contributed by atoms with van der Waals surface area (Å²) in [6.07, 6.45) is 0.467. The Morgan fingerprint density at radius 1 is 1.40 bits per heavy atom. The molecule has 1 aromatic carbocycles. The van der Waals surface area contributed by atoms with Crippen LogP contribution >= 0.6 is 0 Å². The minimum Gasteiger partial charge on any atom is -0.365 e. The molecule has 7 heteroatoms. The average molecular weight is 300 g/mol. The lowest BCUT2D eigenvalue weighted by Gasteiger charge is -2.20. The van der Waals surface area contributed by atoms with Crippen molar-refractivity contribution in [1.82, 2.24) is 5.32 Å². The highest BCUT2D eigenvalue weighted by Crippen LogP contribution is 2.14. The summed E-state index contributed by atoms with van der Waals surface area (Å²) in [6.45, 7) is 0.0994. The van der Waals surface area contributed by atoms with Crippen LogP contribution in [0, 0.1) is 5.82 Å². The van der Waals surface area contributed by atoms with Crippen LogP contribution in [0.15, 0.2) is 24.3 Å². The molecule has 5 nitrogen and oxygen atoms in total. The predicted octanol–water partition coefficient (Wildman–Crippen LogP) is 0.565. The minimum absolute atomic E-state index is 0.0129. The molecule has 1 heterocycles. The van der Waals surface area contributed by atoms with Crippen molar-refractivity contribution in [3.05, 3.63) is 30.1 Å². The second-order valence-corrected chi connectivity index (χ2v) is 7.23. The third-order valence-electron chi connectivity index (χ3n) is 3.25. The molecule has 1 aliphatic rings. The normalized spacial score (nSPS) is 20.6. The van der Waals surface area contributed by atoms with Gasteiger partial charge in [0.1, 0.15) is 5.82 Å². The van der Waals surface area contributed by atoms with Gasteiger partial charge >= 0.3 is 0 Å². The van der Waals surface area contributed by atoms with E-state index in [1.54, 1.807) is 24.1 Å². The molecule has 0 saturated carbocycles. The molecule has 0 aliphatic carbocycles. The second-order valence-electron chi connectivity index (χ2n) is 5.00. The van der Waals surface area contributed by atoms with Gasteiger partial charge in [-0.15, -0.1) is 0 Å². The maximum Gasteiger partial charge on any atom is 0.239 e. The second kappa shape index (κ2) is 5.78. The number of hydrogen-bond donors (Lipinski definition) is 1. The lowest BCUT2D eigenvalue weighted by atomic mass is 10.2. The fourth-order valence-electron chi connectivity index (χ4n) is 2.18. The maximum absolute atomic E-state index is 12.8. The molecule has 0 bridgehead atoms. The summed E-state index contributed by atoms with van der Waals surface area (Å²) < 4.78 is 35.4. The number of rotatable bonds is 4. The Morgan fingerprint density at radius 3 is 2.60 bits per heavy atom. The van der Waals surface area contributed by atoms with Crippen molar-refractivity contribution >= 4 is 21.4 Å². The Hall–Kier alpha value is -1.63. The first-order valence-corrected chi connectivity index (χ1v) is 8.14. The van der Waals surface area contributed by atoms with E-state index in [0.29, 0.717) is 6.42 Å². The van der Waals surface area contributed by atoms with Crippen LogP contribution in [-0.4, -0.2) is 45.5 Å². The molecule has 1 fully saturated rings. The molecule has 1 N–H and O–H groups in total. The first-order valence-electron chi connectivity index (χ1n) is 6.32. The van der Waals surface area contributed by atoms with Gasteiger partial charge in [0, 0.05) is 18.8 Å². The Morgan fingerprint density at radius 2 is 2.05 bits per heavy atom. The molecule has 0 radical (unpaired) electrons. The molecule has 1 aromatic rings. The lowest BCUT2D eigenvalue weighted by Crippen LogP contribution is -2.41. The van der Waals surface area contributed by atoms with Crippen molar-refractivity contribution in [3.63, 3.8) is 0 Å². The average Bonchev–Trinajstić information content (AvgIpc) is 2.69. The summed E-state index contributed by atoms with van der Waals surface area (Å²) in [5, 5.41) is 2.71. The van der Waals surface area contributed by atoms with Crippen LogP contribution in [0.3, 0.4) is 0 Å². The molecule has 20 heavy (non-hydrogen) atoms. The molecule has 110 valence electrons. The topological polar surface area (TPSA) is 66.5 Å². The first-order chi connectivity index (χ1) is 9.35. The largest absolute Gasteiger partial charge is 0.365 e. The van der Waals surface area contributed by atoms with Crippen LogP contribution in [0.25, 0.3) is 0 Å². The number of anilines is 1. The van der Waals surface area contributed by atoms with Gasteiger partial charge in [-0.25, -0.2) is 12.8 Å². The van der Waals surface area contributed by atoms with Gasteiger partial charge in [-0.05, 0) is 30.7 Å². The van der Waals surface area contributed by atoms with Gasteiger partial charge in [0.05, 0.1) is 18.1 Å². The highest BCUT2D eigenvalue weighted by Gasteiger charge is 2.28. The number of nitrogens with one attached hydrogen (secondary N) is 1. The quantitative estimate of drug-likeness (QED) is 0.882. The van der Waals surface area contributed by atoms with E-state index in [9.17, 15) is 17.6 Å². The highest BCUT2D eigenvalue weighted by atomic mass is 32.2. The monoisotopic (exact) mass is 300 g/mol. The Labute approximate surface area is 117 Å². The van der Waals surface area contributed by atoms with Crippen molar-refractivity contribution in [2.75, 3.05) is 30.0 Å². The zero-order chi connectivity index (χ0) is 14.8. The third kappa shape index (κ3) is 3.93. The smallest absolute Gasteiger partial charge is 0.239 e. The summed E-state index contributed by atoms with van der Waals surface area (Å²) >= 11 is 0. The molecule has 2 rings (SSSR count). The van der Waals surface area contributed by atoms with Gasteiger partial charge in [0.2, 0.25) is 5.91 Å². The van der Waals surface area contributed by atoms with E-state index >= 15 is 0 Å². The fourth-order valence-corrected chi connectivity index (χ4v) is 3.86. The third-order valence-corrected chi connectivity index (χ3v) is 5.01. The van der Waals surface area contributed by atoms with Crippen molar-refractivity contribution in [3.8, 4) is 0 Å². The van der Waals surface area contributed by atoms with Crippen molar-refractivity contribution in [1.29, 1.82) is 0 Å². The van der Waals surface area contributed by atoms with Crippen molar-refractivity contribution < 1.29 is 17.6 Å². The van der Waals surface area contributed by atoms with Gasteiger partial charge in [-0.1, -0.05) is 0 Å². The van der Waals surface area contributed by atoms with E-state index in [1.807, 2.05) is 0 Å². The number of carbonyl (C=O) groups is 1. The molecule has 0 spiro atoms. The van der Waals surface area contributed by atoms with Crippen molar-refractivity contribution in [2.45, 2.75) is 12.5 Å². The first kappa shape index (κ1) is 14.8. The number of nitrogens with zero attached hydrogens (tertiary/aromatic N) is 1. The zero-order valence-corrected chi connectivity index (χ0v) is 12.0. The highest BCUT2D eigenvalue weighted by molar-refractivity contribution is 7.91. The summed E-state index contributed by atoms with van der Waals surface area (Å²) in [7, 11) is -1.28. The van der Waals surface area contributed by atoms with Gasteiger partial charge < -0.3 is 10.2 Å². The van der Waals surface area contributed by atoms with Gasteiger partial charge in [-0.3, -0.25) is 4.79 Å². The number of amides is 1. The van der Waals surface area contributed by atoms with E-state index in [0.717, 1.165) is 5.69 Å². The molecule has 0 aromatic heterocycles. The number of likely N-dealkylation sites (N-methyl/N-ethyl adjacent to an activating group) is 1. The minimum atomic E-state index is -3.00. The molecular formula is C13H17FN2O3S. The number of halogens is 1. The molecule has 1 amide bonds. The number of carbonyl (C=O) groups excluding carboxylic acids is 1. The fraction of sp³-hybridized carbons (Fsp3) is 0.462. The van der Waals surface area contributed by atoms with Crippen LogP contribution in [0.4, 0.5) is 10.1 Å². The summed E-state index contributed by atoms with van der Waals surface area (Å²) in [6, 6.07) is 5.53. The van der Waals surface area contributed by atoms with Crippen LogP contribution in [0.1, 0.15) is 6.42 Å². The van der Waals surface area contributed by atoms with E-state index in [-0.39, 0.29) is 35.8 Å². The maximum atomic E-state index is 12.8. The van der Waals surface area contributed by atoms with E-state index in [4.69, 9.17) is 0 Å². The Balaban J connectivity index is 1.87. The SMILES string of the molecule is CN(CC(=O)N[C@@H]1CCS(=O)(=O)C1)c1ccc(F)cc1. The van der Waals surface area contributed by atoms with E-state index < -0.39 is 9.84 Å². The molecule has 1 aliphatic heterocycles. The number of benzene rings is 1. The number of hydrogen-bond acceptors (Lipinski definition) is 4. The van der Waals surface area contributed by atoms with Gasteiger partial charge in [-0.2, -0.15) is 0 Å². The predicted molar refractivity (Wildman–Crippen MR) is 74.9 cm³/mol. The van der Waals surface area contributed by atoms with Gasteiger partial charge in [0.15, 0.2) is 9.84 Å². The summed E-state index contributed by atoms with van der Waals surface area (Å²) in [5.41, 5.74) is 0.723. The van der Waals surface area contributed by atoms with Gasteiger partial charge in [0.25, 0.3) is 0 Å². The molecule has 0 unspecified atom stereocenters. The molecule has 1 atom stereocenters.